The predicted octanol–water partition coefficient (Wildman–Crippen LogP) is 7.74. The molecular weight excluding hydrogens is 588 g/mol. The zero-order valence-electron chi connectivity index (χ0n) is 30.5. The third-order valence-corrected chi connectivity index (χ3v) is 14.2. The van der Waals surface area contributed by atoms with Gasteiger partial charge in [-0.1, -0.05) is 72.0 Å². The number of unbranched alkanes of at least 4 members (excludes halogenated alkanes) is 2. The van der Waals surface area contributed by atoms with E-state index in [2.05, 4.69) is 46.0 Å². The van der Waals surface area contributed by atoms with Gasteiger partial charge < -0.3 is 25.2 Å². The number of hydrogen-bond acceptors (Lipinski definition) is 5. The van der Waals surface area contributed by atoms with Crippen molar-refractivity contribution in [1.29, 1.82) is 0 Å². The first-order valence-corrected chi connectivity index (χ1v) is 19.6. The minimum atomic E-state index is -0.629. The molecule has 3 saturated carbocycles. The molecule has 3 N–H and O–H groups in total. The summed E-state index contributed by atoms with van der Waals surface area (Å²) < 4.78 is 5.71. The van der Waals surface area contributed by atoms with Crippen molar-refractivity contribution in [3.8, 4) is 0 Å². The number of nitrogens with one attached hydrogen (secondary N) is 1. The second-order valence-corrected chi connectivity index (χ2v) is 17.5. The molecule has 5 rings (SSSR count). The normalized spacial score (nSPS) is 37.1. The Morgan fingerprint density at radius 2 is 1.81 bits per heavy atom. The lowest BCUT2D eigenvalue weighted by atomic mass is 9.46. The number of β-amino-alcohol motifs (C(OH)–C–C–N with tert-alkyl or cyclic N) is 1. The van der Waals surface area contributed by atoms with Crippen molar-refractivity contribution in [2.45, 2.75) is 137 Å². The molecule has 1 saturated heterocycles. The van der Waals surface area contributed by atoms with Crippen LogP contribution in [0.25, 0.3) is 0 Å². The van der Waals surface area contributed by atoms with Gasteiger partial charge in [0.1, 0.15) is 0 Å². The summed E-state index contributed by atoms with van der Waals surface area (Å²) >= 11 is 0. The summed E-state index contributed by atoms with van der Waals surface area (Å²) in [5, 5.41) is 22.1. The summed E-state index contributed by atoms with van der Waals surface area (Å²) in [5.74, 6) is 5.34. The van der Waals surface area contributed by atoms with Gasteiger partial charge in [-0.05, 0) is 116 Å². The molecule has 1 aliphatic heterocycles. The van der Waals surface area contributed by atoms with Crippen LogP contribution in [0.1, 0.15) is 131 Å². The molecule has 0 bridgehead atoms. The Kier molecular flexibility index (Phi) is 12.4. The Balaban J connectivity index is 1.01. The number of rotatable bonds is 14. The summed E-state index contributed by atoms with van der Waals surface area (Å²) in [5.41, 5.74) is 2.50. The molecule has 1 heterocycles. The lowest BCUT2D eigenvalue weighted by Gasteiger charge is -2.58. The van der Waals surface area contributed by atoms with Crippen LogP contribution in [0.15, 0.2) is 11.6 Å². The largest absolute Gasteiger partial charge is 0.449 e. The highest BCUT2D eigenvalue weighted by molar-refractivity contribution is 5.76. The van der Waals surface area contributed by atoms with E-state index in [9.17, 15) is 19.8 Å². The van der Waals surface area contributed by atoms with E-state index in [1.54, 1.807) is 10.5 Å². The van der Waals surface area contributed by atoms with Crippen LogP contribution in [-0.4, -0.2) is 66.1 Å². The van der Waals surface area contributed by atoms with Gasteiger partial charge in [0.05, 0.1) is 19.3 Å². The molecule has 10 atom stereocenters. The van der Waals surface area contributed by atoms with Gasteiger partial charge in [0.25, 0.3) is 0 Å². The summed E-state index contributed by atoms with van der Waals surface area (Å²) in [6.45, 7) is 14.3. The van der Waals surface area contributed by atoms with Crippen LogP contribution in [0.3, 0.4) is 0 Å². The molecular formula is C40H68N2O5. The lowest BCUT2D eigenvalue weighted by Crippen LogP contribution is -2.50. The Morgan fingerprint density at radius 1 is 1.00 bits per heavy atom. The zero-order valence-corrected chi connectivity index (χ0v) is 30.5. The number of likely N-dealkylation sites (tertiary alicyclic amines) is 1. The first-order valence-electron chi connectivity index (χ1n) is 19.6. The summed E-state index contributed by atoms with van der Waals surface area (Å²) in [7, 11) is 0. The SMILES string of the molecule is CC(C)CCCC(C)C1CCC2C3CC=C4CC(COC(=O)NCCCCCC(=O)N5CC(O)C(CO)C5)CCC4(C)C3CCC12C. The van der Waals surface area contributed by atoms with Crippen molar-refractivity contribution in [1.82, 2.24) is 10.2 Å². The van der Waals surface area contributed by atoms with E-state index in [0.717, 1.165) is 67.6 Å². The van der Waals surface area contributed by atoms with Gasteiger partial charge in [-0.3, -0.25) is 4.79 Å². The van der Waals surface area contributed by atoms with E-state index in [0.29, 0.717) is 49.4 Å². The van der Waals surface area contributed by atoms with E-state index < -0.39 is 6.10 Å². The van der Waals surface area contributed by atoms with Gasteiger partial charge in [0.2, 0.25) is 5.91 Å². The maximum atomic E-state index is 12.5. The van der Waals surface area contributed by atoms with Gasteiger partial charge in [-0.15, -0.1) is 0 Å². The average Bonchev–Trinajstić information content (AvgIpc) is 3.60. The van der Waals surface area contributed by atoms with Gasteiger partial charge in [-0.2, -0.15) is 0 Å². The Labute approximate surface area is 286 Å². The average molecular weight is 657 g/mol. The van der Waals surface area contributed by atoms with E-state index >= 15 is 0 Å². The molecule has 0 radical (unpaired) electrons. The third kappa shape index (κ3) is 8.24. The number of ether oxygens (including phenoxy) is 1. The van der Waals surface area contributed by atoms with Gasteiger partial charge in [0.15, 0.2) is 0 Å². The molecule has 0 aromatic rings. The number of alkyl carbamates (subject to hydrolysis) is 1. The molecule has 7 nitrogen and oxygen atoms in total. The number of carbonyl (C=O) groups excluding carboxylic acids is 2. The van der Waals surface area contributed by atoms with Crippen LogP contribution in [-0.2, 0) is 9.53 Å². The zero-order chi connectivity index (χ0) is 33.8. The predicted molar refractivity (Wildman–Crippen MR) is 188 cm³/mol. The number of aliphatic hydroxyl groups excluding tert-OH is 2. The van der Waals surface area contributed by atoms with E-state index in [1.165, 1.54) is 57.8 Å². The van der Waals surface area contributed by atoms with Crippen molar-refractivity contribution in [3.05, 3.63) is 11.6 Å². The molecule has 0 spiro atoms. The van der Waals surface area contributed by atoms with Crippen molar-refractivity contribution >= 4 is 12.0 Å². The number of aliphatic hydroxyl groups is 2. The second-order valence-electron chi connectivity index (χ2n) is 17.5. The molecule has 4 fully saturated rings. The highest BCUT2D eigenvalue weighted by Gasteiger charge is 2.59. The highest BCUT2D eigenvalue weighted by atomic mass is 16.5. The number of hydrogen-bond donors (Lipinski definition) is 3. The quantitative estimate of drug-likeness (QED) is 0.131. The highest BCUT2D eigenvalue weighted by Crippen LogP contribution is 2.67. The minimum absolute atomic E-state index is 0.0335. The molecule has 10 unspecified atom stereocenters. The molecule has 268 valence electrons. The summed E-state index contributed by atoms with van der Waals surface area (Å²) in [6.07, 6.45) is 19.1. The van der Waals surface area contributed by atoms with Crippen molar-refractivity contribution in [3.63, 3.8) is 0 Å². The fraction of sp³-hybridized carbons (Fsp3) is 0.900. The smallest absolute Gasteiger partial charge is 0.407 e. The first-order chi connectivity index (χ1) is 22.5. The Bertz CT molecular complexity index is 1090. The fourth-order valence-electron chi connectivity index (χ4n) is 11.3. The van der Waals surface area contributed by atoms with Gasteiger partial charge >= 0.3 is 6.09 Å². The summed E-state index contributed by atoms with van der Waals surface area (Å²) in [4.78, 5) is 26.5. The molecule has 2 amide bonds. The monoisotopic (exact) mass is 657 g/mol. The van der Waals surface area contributed by atoms with Crippen LogP contribution < -0.4 is 5.32 Å². The number of allylic oxidation sites excluding steroid dienone is 2. The maximum absolute atomic E-state index is 12.5. The molecule has 5 aliphatic rings. The number of amides is 2. The number of fused-ring (bicyclic) bond motifs is 5. The van der Waals surface area contributed by atoms with Crippen molar-refractivity contribution in [2.75, 3.05) is 32.8 Å². The van der Waals surface area contributed by atoms with Crippen LogP contribution in [0, 0.1) is 58.2 Å². The first kappa shape index (κ1) is 36.7. The molecule has 4 aliphatic carbocycles. The minimum Gasteiger partial charge on any atom is -0.449 e. The van der Waals surface area contributed by atoms with Crippen LogP contribution in [0.4, 0.5) is 4.79 Å². The molecule has 7 heteroatoms. The van der Waals surface area contributed by atoms with Crippen molar-refractivity contribution in [2.24, 2.45) is 58.2 Å². The Morgan fingerprint density at radius 3 is 2.55 bits per heavy atom. The van der Waals surface area contributed by atoms with Crippen LogP contribution >= 0.6 is 0 Å². The van der Waals surface area contributed by atoms with Crippen LogP contribution in [0.5, 0.6) is 0 Å². The van der Waals surface area contributed by atoms with Gasteiger partial charge in [-0.25, -0.2) is 4.79 Å². The molecule has 0 aromatic heterocycles. The topological polar surface area (TPSA) is 99.1 Å². The second kappa shape index (κ2) is 16.0. The summed E-state index contributed by atoms with van der Waals surface area (Å²) in [6, 6.07) is 0. The molecule has 0 aromatic carbocycles. The standard InChI is InChI=1S/C40H68N2O5/c1-27(2)10-9-11-28(3)33-15-16-34-32-14-13-31-22-29(17-19-39(31,4)35(32)18-20-40(33,34)5)26-47-38(46)41-21-8-6-7-12-37(45)42-23-30(25-43)36(44)24-42/h13,27-30,32-36,43-44H,6-12,14-26H2,1-5H3,(H,41,46). The van der Waals surface area contributed by atoms with E-state index in [1.807, 2.05) is 0 Å². The maximum Gasteiger partial charge on any atom is 0.407 e. The lowest BCUT2D eigenvalue weighted by molar-refractivity contribution is -0.130. The fourth-order valence-corrected chi connectivity index (χ4v) is 11.3. The van der Waals surface area contributed by atoms with Gasteiger partial charge in [0, 0.05) is 32.0 Å². The van der Waals surface area contributed by atoms with E-state index in [4.69, 9.17) is 4.74 Å². The van der Waals surface area contributed by atoms with Crippen molar-refractivity contribution < 1.29 is 24.5 Å². The molecule has 47 heavy (non-hydrogen) atoms. The van der Waals surface area contributed by atoms with E-state index in [-0.39, 0.29) is 24.5 Å². The Hall–Kier alpha value is -1.60. The number of nitrogens with zero attached hydrogens (tertiary/aromatic N) is 1. The third-order valence-electron chi connectivity index (χ3n) is 14.2. The van der Waals surface area contributed by atoms with Crippen LogP contribution in [0.2, 0.25) is 0 Å². The number of carbonyl (C=O) groups is 2.